The molecule has 266 valence electrons. The van der Waals surface area contributed by atoms with Crippen molar-refractivity contribution in [3.63, 3.8) is 0 Å². The van der Waals surface area contributed by atoms with Crippen LogP contribution in [0.1, 0.15) is 0 Å². The van der Waals surface area contributed by atoms with E-state index in [1.54, 1.807) is 11.3 Å². The smallest absolute Gasteiger partial charge is 0.225 e. The molecule has 0 fully saturated rings. The lowest BCUT2D eigenvalue weighted by molar-refractivity contribution is 1.08. The lowest BCUT2D eigenvalue weighted by Crippen LogP contribution is -2.00. The molecule has 0 bridgehead atoms. The monoisotopic (exact) mass is 782 g/mol. The van der Waals surface area contributed by atoms with Gasteiger partial charge >= 0.3 is 0 Å². The second-order valence-corrected chi connectivity index (χ2v) is 17.1. The normalized spacial score (nSPS) is 12.3. The Hall–Kier alpha value is -6.57. The maximum atomic E-state index is 6.88. The highest BCUT2D eigenvalue weighted by Crippen LogP contribution is 2.50. The molecule has 8 aromatic carbocycles. The van der Waals surface area contributed by atoms with Crippen LogP contribution in [0.5, 0.6) is 0 Å². The fourth-order valence-corrected chi connectivity index (χ4v) is 11.8. The Morgan fingerprint density at radius 2 is 1.00 bits per heavy atom. The first-order chi connectivity index (χ1) is 28.2. The van der Waals surface area contributed by atoms with Crippen LogP contribution < -0.4 is 0 Å². The van der Waals surface area contributed by atoms with Gasteiger partial charge in [0, 0.05) is 68.3 Å². The highest BCUT2D eigenvalue weighted by Gasteiger charge is 2.25. The number of nitrogens with zero attached hydrogens (tertiary/aromatic N) is 4. The topological polar surface area (TPSA) is 35.6 Å². The van der Waals surface area contributed by atoms with E-state index in [0.29, 0.717) is 0 Å². The van der Waals surface area contributed by atoms with Gasteiger partial charge < -0.3 is 4.57 Å². The number of aromatic nitrogens is 4. The number of rotatable bonds is 3. The second kappa shape index (κ2) is 11.7. The van der Waals surface area contributed by atoms with Gasteiger partial charge in [0.1, 0.15) is 0 Å². The Morgan fingerprint density at radius 1 is 0.421 bits per heavy atom. The van der Waals surface area contributed by atoms with Crippen LogP contribution in [0.4, 0.5) is 0 Å². The van der Waals surface area contributed by atoms with Crippen LogP contribution in [0.3, 0.4) is 0 Å². The lowest BCUT2D eigenvalue weighted by Gasteiger charge is -2.11. The van der Waals surface area contributed by atoms with Gasteiger partial charge in [0.2, 0.25) is 5.28 Å². The number of hydrogen-bond donors (Lipinski definition) is 0. The van der Waals surface area contributed by atoms with Crippen molar-refractivity contribution in [2.24, 2.45) is 0 Å². The van der Waals surface area contributed by atoms with Gasteiger partial charge in [-0.2, -0.15) is 4.98 Å². The minimum atomic E-state index is 0.238. The van der Waals surface area contributed by atoms with E-state index in [-0.39, 0.29) is 5.28 Å². The van der Waals surface area contributed by atoms with E-state index in [1.807, 2.05) is 11.3 Å². The molecule has 0 N–H and O–H groups in total. The van der Waals surface area contributed by atoms with E-state index >= 15 is 0 Å². The van der Waals surface area contributed by atoms with Crippen LogP contribution in [0.25, 0.3) is 117 Å². The van der Waals surface area contributed by atoms with Gasteiger partial charge in [-0.1, -0.05) is 109 Å². The third kappa shape index (κ3) is 4.37. The molecule has 0 aliphatic heterocycles. The third-order valence-corrected chi connectivity index (χ3v) is 14.2. The molecule has 0 unspecified atom stereocenters. The molecule has 0 atom stereocenters. The summed E-state index contributed by atoms with van der Waals surface area (Å²) in [5, 5.41) is 11.2. The third-order valence-electron chi connectivity index (χ3n) is 11.6. The highest BCUT2D eigenvalue weighted by atomic mass is 35.5. The number of halogens is 1. The Kier molecular flexibility index (Phi) is 6.50. The fourth-order valence-electron chi connectivity index (χ4n) is 9.28. The number of para-hydroxylation sites is 2. The van der Waals surface area contributed by atoms with Gasteiger partial charge in [-0.15, -0.1) is 22.7 Å². The van der Waals surface area contributed by atoms with Crippen LogP contribution in [0.2, 0.25) is 5.28 Å². The maximum Gasteiger partial charge on any atom is 0.225 e. The first kappa shape index (κ1) is 31.6. The molecule has 0 radical (unpaired) electrons. The lowest BCUT2D eigenvalue weighted by atomic mass is 9.97. The number of thiophene rings is 2. The number of benzene rings is 8. The molecule has 5 heterocycles. The molecule has 13 aromatic rings. The van der Waals surface area contributed by atoms with Crippen molar-refractivity contribution in [2.45, 2.75) is 0 Å². The molecule has 0 amide bonds. The molecule has 13 rings (SSSR count). The van der Waals surface area contributed by atoms with E-state index in [4.69, 9.17) is 21.6 Å². The minimum absolute atomic E-state index is 0.238. The molecule has 57 heavy (non-hydrogen) atoms. The Bertz CT molecular complexity index is 3830. The van der Waals surface area contributed by atoms with E-state index in [0.717, 1.165) is 48.4 Å². The summed E-state index contributed by atoms with van der Waals surface area (Å²) in [4.78, 5) is 9.89. The Labute approximate surface area is 338 Å². The molecule has 7 heteroatoms. The van der Waals surface area contributed by atoms with Crippen molar-refractivity contribution in [2.75, 3.05) is 0 Å². The van der Waals surface area contributed by atoms with Gasteiger partial charge in [0.25, 0.3) is 0 Å². The first-order valence-electron chi connectivity index (χ1n) is 18.9. The average Bonchev–Trinajstić information content (AvgIpc) is 4.01. The molecule has 0 aliphatic carbocycles. The molecular weight excluding hydrogens is 756 g/mol. The van der Waals surface area contributed by atoms with Crippen LogP contribution in [-0.4, -0.2) is 19.1 Å². The van der Waals surface area contributed by atoms with E-state index < -0.39 is 0 Å². The summed E-state index contributed by atoms with van der Waals surface area (Å²) >= 11 is 10.5. The van der Waals surface area contributed by atoms with Crippen molar-refractivity contribution in [1.29, 1.82) is 0 Å². The molecule has 0 saturated carbocycles. The molecule has 0 aliphatic rings. The van der Waals surface area contributed by atoms with E-state index in [2.05, 4.69) is 173 Å². The Balaban J connectivity index is 1.17. The summed E-state index contributed by atoms with van der Waals surface area (Å²) < 4.78 is 9.49. The predicted octanol–water partition coefficient (Wildman–Crippen LogP) is 14.9. The van der Waals surface area contributed by atoms with Crippen LogP contribution in [0, 0.1) is 0 Å². The van der Waals surface area contributed by atoms with Crippen molar-refractivity contribution in [3.05, 3.63) is 169 Å². The summed E-state index contributed by atoms with van der Waals surface area (Å²) in [5.74, 6) is 0.804. The van der Waals surface area contributed by atoms with Gasteiger partial charge in [0.05, 0.1) is 32.3 Å². The molecule has 5 aromatic heterocycles. The average molecular weight is 783 g/mol. The summed E-state index contributed by atoms with van der Waals surface area (Å²) in [6, 6.07) is 59.3. The summed E-state index contributed by atoms with van der Waals surface area (Å²) in [6.07, 6.45) is 0. The number of hydrogen-bond acceptors (Lipinski definition) is 4. The summed E-state index contributed by atoms with van der Waals surface area (Å²) in [6.45, 7) is 0. The maximum absolute atomic E-state index is 6.88. The second-order valence-electron chi connectivity index (χ2n) is 14.7. The zero-order valence-corrected chi connectivity index (χ0v) is 32.5. The van der Waals surface area contributed by atoms with Crippen LogP contribution in [0.15, 0.2) is 164 Å². The molecule has 0 spiro atoms. The van der Waals surface area contributed by atoms with Crippen molar-refractivity contribution < 1.29 is 0 Å². The zero-order chi connectivity index (χ0) is 37.4. The molecular formula is C50H27ClN4S2. The number of fused-ring (bicyclic) bond motifs is 16. The van der Waals surface area contributed by atoms with Crippen LogP contribution in [-0.2, 0) is 0 Å². The zero-order valence-electron chi connectivity index (χ0n) is 30.1. The fraction of sp³-hybridized carbons (Fsp3) is 0. The Morgan fingerprint density at radius 3 is 1.79 bits per heavy atom. The van der Waals surface area contributed by atoms with Crippen molar-refractivity contribution in [3.8, 4) is 22.6 Å². The largest absolute Gasteiger partial charge is 0.309 e. The predicted molar refractivity (Wildman–Crippen MR) is 244 cm³/mol. The SMILES string of the molecule is Clc1nc(-n2c3ccc(-c4ccc5c(c4)c4ccccc4n5-c4ccccc4)cc3c3c4c5ccccc5sc4c4ccccc4c32)c2sc3ccccc3c2n1. The minimum Gasteiger partial charge on any atom is -0.309 e. The van der Waals surface area contributed by atoms with Gasteiger partial charge in [0.15, 0.2) is 5.82 Å². The van der Waals surface area contributed by atoms with E-state index in [9.17, 15) is 0 Å². The van der Waals surface area contributed by atoms with E-state index in [1.165, 1.54) is 69.1 Å². The highest BCUT2D eigenvalue weighted by molar-refractivity contribution is 7.27. The van der Waals surface area contributed by atoms with Crippen molar-refractivity contribution >= 4 is 129 Å². The molecule has 4 nitrogen and oxygen atoms in total. The summed E-state index contributed by atoms with van der Waals surface area (Å²) in [5.41, 5.74) is 8.97. The van der Waals surface area contributed by atoms with Gasteiger partial charge in [-0.25, -0.2) is 4.98 Å². The molecule has 0 saturated heterocycles. The summed E-state index contributed by atoms with van der Waals surface area (Å²) in [7, 11) is 0. The van der Waals surface area contributed by atoms with Gasteiger partial charge in [-0.3, -0.25) is 4.57 Å². The standard InChI is InChI=1S/C50H27ClN4S2/c51-50-52-45-35-18-8-11-21-42(35)57-48(45)49(53-50)55-40-25-23-29(28-22-24-39-36(26-28)31-14-6-9-19-38(31)54(39)30-12-2-1-3-13-30)27-37(40)43-44-34-17-7-10-20-41(34)56-47(44)33-16-5-4-15-32(33)46(43)55/h1-27H. The van der Waals surface area contributed by atoms with Gasteiger partial charge in [-0.05, 0) is 77.3 Å². The first-order valence-corrected chi connectivity index (χ1v) is 20.9. The van der Waals surface area contributed by atoms with Crippen molar-refractivity contribution in [1.82, 2.24) is 19.1 Å². The van der Waals surface area contributed by atoms with Crippen LogP contribution >= 0.6 is 34.3 Å². The quantitative estimate of drug-likeness (QED) is 0.167.